The number of hydrogen-bond donors (Lipinski definition) is 0. The minimum absolute atomic E-state index is 0.0560. The molecule has 0 aromatic carbocycles. The van der Waals surface area contributed by atoms with Crippen LogP contribution in [0, 0.1) is 0 Å². The van der Waals surface area contributed by atoms with Gasteiger partial charge in [0.15, 0.2) is 0 Å². The molecule has 22 heavy (non-hydrogen) atoms. The first-order chi connectivity index (χ1) is 10.3. The summed E-state index contributed by atoms with van der Waals surface area (Å²) in [5.41, 5.74) is -0.0560. The van der Waals surface area contributed by atoms with E-state index in [1.165, 1.54) is 0 Å². The van der Waals surface area contributed by atoms with Crippen molar-refractivity contribution in [3.8, 4) is 0 Å². The number of rotatable bonds is 3. The Morgan fingerprint density at radius 2 is 1.86 bits per heavy atom. The van der Waals surface area contributed by atoms with Crippen molar-refractivity contribution in [3.63, 3.8) is 0 Å². The molecule has 2 heterocycles. The maximum absolute atomic E-state index is 12.1. The number of piperazine rings is 1. The van der Waals surface area contributed by atoms with E-state index in [1.54, 1.807) is 0 Å². The Bertz CT molecular complexity index is 516. The summed E-state index contributed by atoms with van der Waals surface area (Å²) in [5, 5.41) is 0. The SMILES string of the molecule is CN(C)CC(=O)N1CCN(c2ccnc(C(C)(C)C)n2)CC1. The molecule has 0 aliphatic carbocycles. The minimum Gasteiger partial charge on any atom is -0.353 e. The van der Waals surface area contributed by atoms with E-state index in [4.69, 9.17) is 0 Å². The van der Waals surface area contributed by atoms with Crippen LogP contribution in [-0.2, 0) is 10.2 Å². The van der Waals surface area contributed by atoms with Gasteiger partial charge < -0.3 is 14.7 Å². The van der Waals surface area contributed by atoms with E-state index in [1.807, 2.05) is 36.2 Å². The molecule has 0 bridgehead atoms. The molecule has 1 aromatic rings. The van der Waals surface area contributed by atoms with Crippen molar-refractivity contribution >= 4 is 11.7 Å². The van der Waals surface area contributed by atoms with Crippen molar-refractivity contribution in [1.29, 1.82) is 0 Å². The Labute approximate surface area is 133 Å². The Kier molecular flexibility index (Phi) is 5.01. The quantitative estimate of drug-likeness (QED) is 0.833. The molecule has 0 unspecified atom stereocenters. The van der Waals surface area contributed by atoms with Crippen molar-refractivity contribution in [2.75, 3.05) is 51.7 Å². The smallest absolute Gasteiger partial charge is 0.236 e. The summed E-state index contributed by atoms with van der Waals surface area (Å²) in [6.45, 7) is 9.96. The second-order valence-corrected chi connectivity index (χ2v) is 7.09. The van der Waals surface area contributed by atoms with E-state index in [2.05, 4.69) is 35.6 Å². The zero-order chi connectivity index (χ0) is 16.3. The highest BCUT2D eigenvalue weighted by molar-refractivity contribution is 5.78. The van der Waals surface area contributed by atoms with Gasteiger partial charge in [-0.05, 0) is 20.2 Å². The normalized spacial score (nSPS) is 16.3. The topological polar surface area (TPSA) is 52.6 Å². The lowest BCUT2D eigenvalue weighted by Gasteiger charge is -2.36. The number of likely N-dealkylation sites (N-methyl/N-ethyl adjacent to an activating group) is 1. The van der Waals surface area contributed by atoms with Crippen LogP contribution in [0.15, 0.2) is 12.3 Å². The summed E-state index contributed by atoms with van der Waals surface area (Å²) < 4.78 is 0. The number of hydrogen-bond acceptors (Lipinski definition) is 5. The molecule has 1 saturated heterocycles. The fourth-order valence-corrected chi connectivity index (χ4v) is 2.44. The third-order valence-electron chi connectivity index (χ3n) is 3.72. The predicted molar refractivity (Wildman–Crippen MR) is 88.1 cm³/mol. The highest BCUT2D eigenvalue weighted by atomic mass is 16.2. The Balaban J connectivity index is 1.99. The first kappa shape index (κ1) is 16.7. The molecule has 6 heteroatoms. The lowest BCUT2D eigenvalue weighted by Crippen LogP contribution is -2.51. The van der Waals surface area contributed by atoms with Crippen molar-refractivity contribution in [1.82, 2.24) is 19.8 Å². The minimum atomic E-state index is -0.0560. The molecule has 6 nitrogen and oxygen atoms in total. The number of aromatic nitrogens is 2. The largest absolute Gasteiger partial charge is 0.353 e. The van der Waals surface area contributed by atoms with Gasteiger partial charge in [-0.25, -0.2) is 9.97 Å². The summed E-state index contributed by atoms with van der Waals surface area (Å²) in [4.78, 5) is 27.2. The zero-order valence-electron chi connectivity index (χ0n) is 14.3. The molecule has 0 N–H and O–H groups in total. The standard InChI is InChI=1S/C16H27N5O/c1-16(2,3)15-17-7-6-13(18-15)20-8-10-21(11-9-20)14(22)12-19(4)5/h6-7H,8-12H2,1-5H3. The average Bonchev–Trinajstić information content (AvgIpc) is 2.46. The fraction of sp³-hybridized carbons (Fsp3) is 0.688. The van der Waals surface area contributed by atoms with E-state index in [0.29, 0.717) is 6.54 Å². The van der Waals surface area contributed by atoms with Gasteiger partial charge in [-0.15, -0.1) is 0 Å². The van der Waals surface area contributed by atoms with Crippen LogP contribution >= 0.6 is 0 Å². The van der Waals surface area contributed by atoms with Crippen LogP contribution in [0.5, 0.6) is 0 Å². The molecule has 2 rings (SSSR count). The molecule has 0 radical (unpaired) electrons. The number of nitrogens with zero attached hydrogens (tertiary/aromatic N) is 5. The van der Waals surface area contributed by atoms with Crippen LogP contribution in [0.4, 0.5) is 5.82 Å². The molecule has 1 aliphatic heterocycles. The third kappa shape index (κ3) is 4.16. The highest BCUT2D eigenvalue weighted by Gasteiger charge is 2.23. The van der Waals surface area contributed by atoms with E-state index in [9.17, 15) is 4.79 Å². The van der Waals surface area contributed by atoms with Gasteiger partial charge >= 0.3 is 0 Å². The highest BCUT2D eigenvalue weighted by Crippen LogP contribution is 2.21. The van der Waals surface area contributed by atoms with Crippen LogP contribution in [0.25, 0.3) is 0 Å². The van der Waals surface area contributed by atoms with E-state index < -0.39 is 0 Å². The van der Waals surface area contributed by atoms with E-state index >= 15 is 0 Å². The van der Waals surface area contributed by atoms with Gasteiger partial charge in [0.05, 0.1) is 6.54 Å². The van der Waals surface area contributed by atoms with Gasteiger partial charge in [0.25, 0.3) is 0 Å². The summed E-state index contributed by atoms with van der Waals surface area (Å²) in [5.74, 6) is 2.01. The average molecular weight is 305 g/mol. The predicted octanol–water partition coefficient (Wildman–Crippen LogP) is 0.984. The molecule has 1 aliphatic rings. The number of anilines is 1. The first-order valence-electron chi connectivity index (χ1n) is 7.78. The number of carbonyl (C=O) groups is 1. The molecule has 0 saturated carbocycles. The second-order valence-electron chi connectivity index (χ2n) is 7.09. The monoisotopic (exact) mass is 305 g/mol. The Hall–Kier alpha value is -1.69. The zero-order valence-corrected chi connectivity index (χ0v) is 14.3. The lowest BCUT2D eigenvalue weighted by molar-refractivity contribution is -0.132. The van der Waals surface area contributed by atoms with Gasteiger partial charge in [-0.3, -0.25) is 4.79 Å². The van der Waals surface area contributed by atoms with E-state index in [0.717, 1.165) is 37.8 Å². The first-order valence-corrected chi connectivity index (χ1v) is 7.78. The van der Waals surface area contributed by atoms with Gasteiger partial charge in [0.2, 0.25) is 5.91 Å². The molecule has 1 amide bonds. The molecule has 1 aromatic heterocycles. The summed E-state index contributed by atoms with van der Waals surface area (Å²) in [7, 11) is 3.84. The van der Waals surface area contributed by atoms with Gasteiger partial charge in [0, 0.05) is 37.8 Å². The second kappa shape index (κ2) is 6.60. The maximum Gasteiger partial charge on any atom is 0.236 e. The lowest BCUT2D eigenvalue weighted by atomic mass is 9.96. The third-order valence-corrected chi connectivity index (χ3v) is 3.72. The van der Waals surface area contributed by atoms with Crippen LogP contribution in [0.1, 0.15) is 26.6 Å². The van der Waals surface area contributed by atoms with Crippen molar-refractivity contribution in [3.05, 3.63) is 18.1 Å². The van der Waals surface area contributed by atoms with Crippen LogP contribution in [-0.4, -0.2) is 72.5 Å². The number of amides is 1. The summed E-state index contributed by atoms with van der Waals surface area (Å²) >= 11 is 0. The van der Waals surface area contributed by atoms with Crippen molar-refractivity contribution < 1.29 is 4.79 Å². The van der Waals surface area contributed by atoms with Crippen molar-refractivity contribution in [2.24, 2.45) is 0 Å². The molecule has 1 fully saturated rings. The van der Waals surface area contributed by atoms with Crippen LogP contribution in [0.3, 0.4) is 0 Å². The van der Waals surface area contributed by atoms with Gasteiger partial charge in [0.1, 0.15) is 11.6 Å². The maximum atomic E-state index is 12.1. The number of carbonyl (C=O) groups excluding carboxylic acids is 1. The van der Waals surface area contributed by atoms with Gasteiger partial charge in [-0.1, -0.05) is 20.8 Å². The Morgan fingerprint density at radius 3 is 2.41 bits per heavy atom. The van der Waals surface area contributed by atoms with Crippen LogP contribution in [0.2, 0.25) is 0 Å². The molecule has 0 spiro atoms. The summed E-state index contributed by atoms with van der Waals surface area (Å²) in [6, 6.07) is 1.95. The van der Waals surface area contributed by atoms with Crippen LogP contribution < -0.4 is 4.90 Å². The molecule has 0 atom stereocenters. The van der Waals surface area contributed by atoms with Crippen molar-refractivity contribution in [2.45, 2.75) is 26.2 Å². The molecular weight excluding hydrogens is 278 g/mol. The Morgan fingerprint density at radius 1 is 1.23 bits per heavy atom. The fourth-order valence-electron chi connectivity index (χ4n) is 2.44. The van der Waals surface area contributed by atoms with Gasteiger partial charge in [-0.2, -0.15) is 0 Å². The van der Waals surface area contributed by atoms with E-state index in [-0.39, 0.29) is 11.3 Å². The molecule has 122 valence electrons. The molecular formula is C16H27N5O. The summed E-state index contributed by atoms with van der Waals surface area (Å²) in [6.07, 6.45) is 1.83.